The third-order valence-corrected chi connectivity index (χ3v) is 4.41. The first-order valence-corrected chi connectivity index (χ1v) is 8.78. The number of para-hydroxylation sites is 2. The molecule has 0 saturated carbocycles. The van der Waals surface area contributed by atoms with Crippen LogP contribution in [0.5, 0.6) is 5.75 Å². The summed E-state index contributed by atoms with van der Waals surface area (Å²) >= 11 is 0. The van der Waals surface area contributed by atoms with E-state index in [4.69, 9.17) is 4.74 Å². The van der Waals surface area contributed by atoms with Crippen LogP contribution in [-0.4, -0.2) is 37.0 Å². The van der Waals surface area contributed by atoms with Crippen LogP contribution in [0.1, 0.15) is 29.6 Å². The van der Waals surface area contributed by atoms with Crippen LogP contribution in [0.4, 0.5) is 16.2 Å². The minimum absolute atomic E-state index is 0.129. The second kappa shape index (κ2) is 8.38. The Balaban J connectivity index is 1.69. The SMILES string of the molecule is COc1ccc(C(=O)Nc2ccccc2NC(=O)N2CCCCC2)cc1. The zero-order valence-electron chi connectivity index (χ0n) is 14.8. The van der Waals surface area contributed by atoms with Crippen LogP contribution in [0.25, 0.3) is 0 Å². The molecule has 0 atom stereocenters. The molecule has 2 aromatic carbocycles. The molecule has 0 unspecified atom stereocenters. The number of likely N-dealkylation sites (tertiary alicyclic amines) is 1. The van der Waals surface area contributed by atoms with Gasteiger partial charge in [0.1, 0.15) is 5.75 Å². The predicted octanol–water partition coefficient (Wildman–Crippen LogP) is 3.97. The van der Waals surface area contributed by atoms with Gasteiger partial charge in [0.25, 0.3) is 5.91 Å². The molecule has 2 aromatic rings. The number of urea groups is 1. The van der Waals surface area contributed by atoms with E-state index in [2.05, 4.69) is 10.6 Å². The molecule has 0 radical (unpaired) electrons. The van der Waals surface area contributed by atoms with Gasteiger partial charge in [0.15, 0.2) is 0 Å². The number of ether oxygens (including phenoxy) is 1. The van der Waals surface area contributed by atoms with Crippen LogP contribution in [0.3, 0.4) is 0 Å². The van der Waals surface area contributed by atoms with Crippen LogP contribution < -0.4 is 15.4 Å². The molecule has 6 heteroatoms. The van der Waals surface area contributed by atoms with Crippen LogP contribution in [0, 0.1) is 0 Å². The molecule has 6 nitrogen and oxygen atoms in total. The number of nitrogens with one attached hydrogen (secondary N) is 2. The maximum Gasteiger partial charge on any atom is 0.321 e. The average molecular weight is 353 g/mol. The molecule has 1 saturated heterocycles. The Labute approximate surface area is 153 Å². The Morgan fingerprint density at radius 2 is 1.50 bits per heavy atom. The molecular formula is C20H23N3O3. The lowest BCUT2D eigenvalue weighted by Crippen LogP contribution is -2.38. The first kappa shape index (κ1) is 17.8. The fourth-order valence-corrected chi connectivity index (χ4v) is 2.93. The third kappa shape index (κ3) is 4.33. The van der Waals surface area contributed by atoms with E-state index >= 15 is 0 Å². The van der Waals surface area contributed by atoms with Gasteiger partial charge in [-0.1, -0.05) is 12.1 Å². The van der Waals surface area contributed by atoms with Gasteiger partial charge in [0.2, 0.25) is 0 Å². The standard InChI is InChI=1S/C20H23N3O3/c1-26-16-11-9-15(10-12-16)19(24)21-17-7-3-4-8-18(17)22-20(25)23-13-5-2-6-14-23/h3-4,7-12H,2,5-6,13-14H2,1H3,(H,21,24)(H,22,25). The molecule has 1 aliphatic heterocycles. The smallest absolute Gasteiger partial charge is 0.321 e. The van der Waals surface area contributed by atoms with Crippen molar-refractivity contribution in [3.63, 3.8) is 0 Å². The van der Waals surface area contributed by atoms with Crippen LogP contribution >= 0.6 is 0 Å². The van der Waals surface area contributed by atoms with Gasteiger partial charge in [0.05, 0.1) is 18.5 Å². The van der Waals surface area contributed by atoms with Crippen molar-refractivity contribution in [2.75, 3.05) is 30.8 Å². The van der Waals surface area contributed by atoms with Crippen molar-refractivity contribution in [2.24, 2.45) is 0 Å². The minimum Gasteiger partial charge on any atom is -0.497 e. The number of rotatable bonds is 4. The van der Waals surface area contributed by atoms with Crippen LogP contribution in [0.15, 0.2) is 48.5 Å². The van der Waals surface area contributed by atoms with Gasteiger partial charge in [-0.05, 0) is 55.7 Å². The monoisotopic (exact) mass is 353 g/mol. The van der Waals surface area contributed by atoms with Gasteiger partial charge in [-0.2, -0.15) is 0 Å². The molecule has 0 aliphatic carbocycles. The highest BCUT2D eigenvalue weighted by molar-refractivity contribution is 6.07. The summed E-state index contributed by atoms with van der Waals surface area (Å²) in [6.45, 7) is 1.54. The largest absolute Gasteiger partial charge is 0.497 e. The normalized spacial score (nSPS) is 13.8. The fourth-order valence-electron chi connectivity index (χ4n) is 2.93. The predicted molar refractivity (Wildman–Crippen MR) is 102 cm³/mol. The summed E-state index contributed by atoms with van der Waals surface area (Å²) in [4.78, 5) is 26.7. The van der Waals surface area contributed by atoms with Crippen molar-refractivity contribution in [1.29, 1.82) is 0 Å². The molecule has 1 fully saturated rings. The van der Waals surface area contributed by atoms with Crippen molar-refractivity contribution in [1.82, 2.24) is 4.90 Å². The number of nitrogens with zero attached hydrogens (tertiary/aromatic N) is 1. The molecule has 26 heavy (non-hydrogen) atoms. The van der Waals surface area contributed by atoms with E-state index in [0.717, 1.165) is 32.4 Å². The number of amides is 3. The van der Waals surface area contributed by atoms with E-state index < -0.39 is 0 Å². The summed E-state index contributed by atoms with van der Waals surface area (Å²) in [5.74, 6) is 0.447. The quantitative estimate of drug-likeness (QED) is 0.874. The number of anilines is 2. The number of carbonyl (C=O) groups is 2. The highest BCUT2D eigenvalue weighted by Gasteiger charge is 2.18. The molecule has 3 rings (SSSR count). The highest BCUT2D eigenvalue weighted by atomic mass is 16.5. The van der Waals surface area contributed by atoms with Gasteiger partial charge in [0, 0.05) is 18.7 Å². The second-order valence-corrected chi connectivity index (χ2v) is 6.21. The van der Waals surface area contributed by atoms with E-state index in [-0.39, 0.29) is 11.9 Å². The van der Waals surface area contributed by atoms with Gasteiger partial charge >= 0.3 is 6.03 Å². The van der Waals surface area contributed by atoms with Crippen LogP contribution in [-0.2, 0) is 0 Å². The van der Waals surface area contributed by atoms with Crippen molar-refractivity contribution < 1.29 is 14.3 Å². The first-order chi connectivity index (χ1) is 12.7. The number of hydrogen-bond acceptors (Lipinski definition) is 3. The average Bonchev–Trinajstić information content (AvgIpc) is 2.70. The summed E-state index contributed by atoms with van der Waals surface area (Å²) in [6.07, 6.45) is 3.23. The molecule has 0 bridgehead atoms. The summed E-state index contributed by atoms with van der Waals surface area (Å²) < 4.78 is 5.10. The van der Waals surface area contributed by atoms with Gasteiger partial charge in [-0.3, -0.25) is 4.79 Å². The zero-order chi connectivity index (χ0) is 18.4. The van der Waals surface area contributed by atoms with E-state index in [1.807, 2.05) is 17.0 Å². The van der Waals surface area contributed by atoms with Crippen LogP contribution in [0.2, 0.25) is 0 Å². The number of piperidine rings is 1. The van der Waals surface area contributed by atoms with Crippen molar-refractivity contribution >= 4 is 23.3 Å². The van der Waals surface area contributed by atoms with E-state index in [1.165, 1.54) is 0 Å². The molecular weight excluding hydrogens is 330 g/mol. The molecule has 1 aliphatic rings. The van der Waals surface area contributed by atoms with Gasteiger partial charge in [-0.25, -0.2) is 4.79 Å². The maximum atomic E-state index is 12.5. The van der Waals surface area contributed by atoms with Gasteiger partial charge in [-0.15, -0.1) is 0 Å². The molecule has 1 heterocycles. The number of benzene rings is 2. The highest BCUT2D eigenvalue weighted by Crippen LogP contribution is 2.23. The zero-order valence-corrected chi connectivity index (χ0v) is 14.8. The number of carbonyl (C=O) groups excluding carboxylic acids is 2. The van der Waals surface area contributed by atoms with Crippen molar-refractivity contribution in [2.45, 2.75) is 19.3 Å². The molecule has 0 spiro atoms. The lowest BCUT2D eigenvalue weighted by molar-refractivity contribution is 0.102. The Kier molecular flexibility index (Phi) is 5.73. The second-order valence-electron chi connectivity index (χ2n) is 6.21. The summed E-state index contributed by atoms with van der Waals surface area (Å²) in [5.41, 5.74) is 1.67. The summed E-state index contributed by atoms with van der Waals surface area (Å²) in [7, 11) is 1.58. The minimum atomic E-state index is -0.243. The lowest BCUT2D eigenvalue weighted by atomic mass is 10.1. The van der Waals surface area contributed by atoms with E-state index in [9.17, 15) is 9.59 Å². The Morgan fingerprint density at radius 1 is 0.885 bits per heavy atom. The van der Waals surface area contributed by atoms with E-state index in [0.29, 0.717) is 22.7 Å². The molecule has 3 amide bonds. The fraction of sp³-hybridized carbons (Fsp3) is 0.300. The number of hydrogen-bond donors (Lipinski definition) is 2. The summed E-state index contributed by atoms with van der Waals surface area (Å²) in [5, 5.41) is 5.77. The van der Waals surface area contributed by atoms with Gasteiger partial charge < -0.3 is 20.3 Å². The first-order valence-electron chi connectivity index (χ1n) is 8.78. The van der Waals surface area contributed by atoms with Crippen molar-refractivity contribution in [3.8, 4) is 5.75 Å². The molecule has 136 valence electrons. The molecule has 0 aromatic heterocycles. The maximum absolute atomic E-state index is 12.5. The Hall–Kier alpha value is -3.02. The third-order valence-electron chi connectivity index (χ3n) is 4.41. The summed E-state index contributed by atoms with van der Waals surface area (Å²) in [6, 6.07) is 13.9. The lowest BCUT2D eigenvalue weighted by Gasteiger charge is -2.27. The van der Waals surface area contributed by atoms with E-state index in [1.54, 1.807) is 43.5 Å². The molecule has 2 N–H and O–H groups in total. The number of methoxy groups -OCH3 is 1. The Morgan fingerprint density at radius 3 is 2.12 bits per heavy atom. The van der Waals surface area contributed by atoms with Crippen molar-refractivity contribution in [3.05, 3.63) is 54.1 Å². The topological polar surface area (TPSA) is 70.7 Å². The Bertz CT molecular complexity index is 768.